The predicted molar refractivity (Wildman–Crippen MR) is 102 cm³/mol. The number of benzene rings is 1. The molecule has 0 fully saturated rings. The summed E-state index contributed by atoms with van der Waals surface area (Å²) in [5.41, 5.74) is 1.72. The number of aromatic nitrogens is 2. The Morgan fingerprint density at radius 3 is 2.81 bits per heavy atom. The molecule has 0 saturated carbocycles. The molecule has 8 heteroatoms. The summed E-state index contributed by atoms with van der Waals surface area (Å²) in [5, 5.41) is 7.50. The Morgan fingerprint density at radius 2 is 2.07 bits per heavy atom. The molecule has 2 heterocycles. The smallest absolute Gasteiger partial charge is 0.344 e. The van der Waals surface area contributed by atoms with Gasteiger partial charge in [-0.15, -0.1) is 11.3 Å². The number of rotatable bonds is 7. The quantitative estimate of drug-likeness (QED) is 0.626. The molecular weight excluding hydrogens is 366 g/mol. The Balaban J connectivity index is 1.47. The second-order valence-electron chi connectivity index (χ2n) is 6.41. The van der Waals surface area contributed by atoms with Crippen molar-refractivity contribution in [2.45, 2.75) is 33.1 Å². The monoisotopic (exact) mass is 387 g/mol. The number of para-hydroxylation sites is 1. The largest absolute Gasteiger partial charge is 0.452 e. The van der Waals surface area contributed by atoms with Crippen LogP contribution in [0.4, 0.5) is 0 Å². The van der Waals surface area contributed by atoms with Gasteiger partial charge in [-0.05, 0) is 19.1 Å². The lowest BCUT2D eigenvalue weighted by Crippen LogP contribution is -2.30. The Kier molecular flexibility index (Phi) is 5.85. The summed E-state index contributed by atoms with van der Waals surface area (Å²) in [7, 11) is 0. The molecule has 7 nitrogen and oxygen atoms in total. The van der Waals surface area contributed by atoms with Gasteiger partial charge in [0.2, 0.25) is 0 Å². The molecular formula is C19H21N3O4S. The summed E-state index contributed by atoms with van der Waals surface area (Å²) in [6.07, 6.45) is 0.626. The minimum Gasteiger partial charge on any atom is -0.452 e. The molecule has 0 saturated heterocycles. The number of carbonyl (C=O) groups excluding carboxylic acids is 2. The first-order valence-corrected chi connectivity index (χ1v) is 9.51. The molecule has 2 aromatic heterocycles. The first-order chi connectivity index (χ1) is 13.0. The molecule has 27 heavy (non-hydrogen) atoms. The van der Waals surface area contributed by atoms with Gasteiger partial charge in [0.25, 0.3) is 5.91 Å². The molecule has 0 unspecified atom stereocenters. The zero-order valence-corrected chi connectivity index (χ0v) is 16.3. The molecule has 0 atom stereocenters. The van der Waals surface area contributed by atoms with Crippen molar-refractivity contribution in [3.05, 3.63) is 46.3 Å². The van der Waals surface area contributed by atoms with E-state index >= 15 is 0 Å². The zero-order chi connectivity index (χ0) is 19.4. The lowest BCUT2D eigenvalue weighted by molar-refractivity contribution is -0.124. The van der Waals surface area contributed by atoms with Crippen LogP contribution in [-0.4, -0.2) is 35.2 Å². The highest BCUT2D eigenvalue weighted by Crippen LogP contribution is 2.23. The SMILES string of the molecule is Cc1noc(C(C)C)c1C(=O)OCC(=O)NCCc1nc2ccccc2s1. The number of aryl methyl sites for hydroxylation is 1. The minimum atomic E-state index is -0.598. The summed E-state index contributed by atoms with van der Waals surface area (Å²) in [6, 6.07) is 7.91. The highest BCUT2D eigenvalue weighted by atomic mass is 32.1. The van der Waals surface area contributed by atoms with E-state index in [2.05, 4.69) is 15.5 Å². The van der Waals surface area contributed by atoms with Crippen molar-refractivity contribution in [3.63, 3.8) is 0 Å². The van der Waals surface area contributed by atoms with E-state index in [9.17, 15) is 9.59 Å². The van der Waals surface area contributed by atoms with Crippen LogP contribution in [-0.2, 0) is 16.0 Å². The second kappa shape index (κ2) is 8.30. The molecule has 1 aromatic carbocycles. The van der Waals surface area contributed by atoms with E-state index in [0.29, 0.717) is 30.0 Å². The first-order valence-electron chi connectivity index (χ1n) is 8.70. The number of thiazole rings is 1. The highest BCUT2D eigenvalue weighted by Gasteiger charge is 2.24. The number of carbonyl (C=O) groups is 2. The van der Waals surface area contributed by atoms with Gasteiger partial charge in [0.15, 0.2) is 12.4 Å². The van der Waals surface area contributed by atoms with Crippen LogP contribution < -0.4 is 5.32 Å². The lowest BCUT2D eigenvalue weighted by atomic mass is 10.1. The fourth-order valence-electron chi connectivity index (χ4n) is 2.62. The molecule has 0 spiro atoms. The molecule has 0 aliphatic heterocycles. The van der Waals surface area contributed by atoms with Gasteiger partial charge in [0.05, 0.1) is 20.9 Å². The van der Waals surface area contributed by atoms with E-state index in [4.69, 9.17) is 9.26 Å². The Morgan fingerprint density at radius 1 is 1.30 bits per heavy atom. The molecule has 142 valence electrons. The van der Waals surface area contributed by atoms with Crippen molar-refractivity contribution in [1.29, 1.82) is 0 Å². The van der Waals surface area contributed by atoms with Crippen LogP contribution in [0.2, 0.25) is 0 Å². The van der Waals surface area contributed by atoms with Gasteiger partial charge in [0, 0.05) is 18.9 Å². The van der Waals surface area contributed by atoms with Crippen LogP contribution in [0.3, 0.4) is 0 Å². The standard InChI is InChI=1S/C19H21N3O4S/c1-11(2)18-17(12(3)22-26-18)19(24)25-10-15(23)20-9-8-16-21-13-6-4-5-7-14(13)27-16/h4-7,11H,8-10H2,1-3H3,(H,20,23). The summed E-state index contributed by atoms with van der Waals surface area (Å²) in [5.74, 6) is -0.492. The maximum atomic E-state index is 12.2. The topological polar surface area (TPSA) is 94.3 Å². The Hall–Kier alpha value is -2.74. The molecule has 3 aromatic rings. The number of ether oxygens (including phenoxy) is 1. The number of esters is 1. The fourth-order valence-corrected chi connectivity index (χ4v) is 3.59. The van der Waals surface area contributed by atoms with Gasteiger partial charge in [-0.3, -0.25) is 4.79 Å². The van der Waals surface area contributed by atoms with E-state index in [1.54, 1.807) is 18.3 Å². The Bertz CT molecular complexity index is 928. The molecule has 1 amide bonds. The fraction of sp³-hybridized carbons (Fsp3) is 0.368. The van der Waals surface area contributed by atoms with Gasteiger partial charge in [-0.25, -0.2) is 9.78 Å². The van der Waals surface area contributed by atoms with E-state index in [1.807, 2.05) is 38.1 Å². The van der Waals surface area contributed by atoms with Gasteiger partial charge < -0.3 is 14.6 Å². The number of fused-ring (bicyclic) bond motifs is 1. The summed E-state index contributed by atoms with van der Waals surface area (Å²) in [4.78, 5) is 28.7. The predicted octanol–water partition coefficient (Wildman–Crippen LogP) is 3.23. The number of nitrogens with zero attached hydrogens (tertiary/aromatic N) is 2. The molecule has 3 rings (SSSR count). The average molecular weight is 387 g/mol. The summed E-state index contributed by atoms with van der Waals surface area (Å²) < 4.78 is 11.4. The van der Waals surface area contributed by atoms with Gasteiger partial charge in [-0.2, -0.15) is 0 Å². The van der Waals surface area contributed by atoms with Gasteiger partial charge in [0.1, 0.15) is 5.56 Å². The molecule has 0 radical (unpaired) electrons. The third-order valence-electron chi connectivity index (χ3n) is 3.95. The van der Waals surface area contributed by atoms with Crippen molar-refractivity contribution in [1.82, 2.24) is 15.5 Å². The normalized spacial score (nSPS) is 11.1. The average Bonchev–Trinajstić information content (AvgIpc) is 3.22. The molecule has 0 aliphatic rings. The molecule has 1 N–H and O–H groups in total. The third kappa shape index (κ3) is 4.51. The minimum absolute atomic E-state index is 0.00335. The highest BCUT2D eigenvalue weighted by molar-refractivity contribution is 7.18. The maximum absolute atomic E-state index is 12.2. The third-order valence-corrected chi connectivity index (χ3v) is 5.05. The first kappa shape index (κ1) is 19.0. The zero-order valence-electron chi connectivity index (χ0n) is 15.4. The number of hydrogen-bond donors (Lipinski definition) is 1. The van der Waals surface area contributed by atoms with E-state index in [0.717, 1.165) is 15.2 Å². The van der Waals surface area contributed by atoms with Crippen molar-refractivity contribution < 1.29 is 18.8 Å². The van der Waals surface area contributed by atoms with Gasteiger partial charge >= 0.3 is 5.97 Å². The second-order valence-corrected chi connectivity index (χ2v) is 7.53. The van der Waals surface area contributed by atoms with E-state index in [-0.39, 0.29) is 18.4 Å². The number of nitrogens with one attached hydrogen (secondary N) is 1. The van der Waals surface area contributed by atoms with Crippen LogP contribution >= 0.6 is 11.3 Å². The number of amides is 1. The Labute approximate surface area is 160 Å². The van der Waals surface area contributed by atoms with Crippen LogP contribution in [0.5, 0.6) is 0 Å². The van der Waals surface area contributed by atoms with Crippen LogP contribution in [0.15, 0.2) is 28.8 Å². The maximum Gasteiger partial charge on any atom is 0.344 e. The van der Waals surface area contributed by atoms with E-state index in [1.165, 1.54) is 0 Å². The molecule has 0 bridgehead atoms. The van der Waals surface area contributed by atoms with Crippen molar-refractivity contribution in [2.24, 2.45) is 0 Å². The van der Waals surface area contributed by atoms with Crippen LogP contribution in [0.1, 0.15) is 46.6 Å². The lowest BCUT2D eigenvalue weighted by Gasteiger charge is -2.07. The van der Waals surface area contributed by atoms with Crippen LogP contribution in [0, 0.1) is 6.92 Å². The van der Waals surface area contributed by atoms with Gasteiger partial charge in [-0.1, -0.05) is 31.1 Å². The molecule has 0 aliphatic carbocycles. The van der Waals surface area contributed by atoms with E-state index < -0.39 is 5.97 Å². The van der Waals surface area contributed by atoms with Crippen molar-refractivity contribution >= 4 is 33.4 Å². The van der Waals surface area contributed by atoms with Crippen molar-refractivity contribution in [3.8, 4) is 0 Å². The van der Waals surface area contributed by atoms with Crippen molar-refractivity contribution in [2.75, 3.05) is 13.2 Å². The summed E-state index contributed by atoms with van der Waals surface area (Å²) >= 11 is 1.61. The van der Waals surface area contributed by atoms with Crippen LogP contribution in [0.25, 0.3) is 10.2 Å². The summed E-state index contributed by atoms with van der Waals surface area (Å²) in [6.45, 7) is 5.54. The number of hydrogen-bond acceptors (Lipinski definition) is 7.